The molecular formula is C102H86O16. The second-order valence-electron chi connectivity index (χ2n) is 27.6. The largest absolute Gasteiger partial charge is 0.489 e. The Hall–Kier alpha value is -14.8. The van der Waals surface area contributed by atoms with Gasteiger partial charge in [0, 0.05) is 48.2 Å². The molecule has 14 rings (SSSR count). The van der Waals surface area contributed by atoms with E-state index in [0.717, 1.165) is 66.8 Å². The molecule has 0 heterocycles. The molecule has 0 radical (unpaired) electrons. The van der Waals surface area contributed by atoms with Crippen molar-refractivity contribution in [1.29, 1.82) is 0 Å². The Balaban J connectivity index is 0.691. The van der Waals surface area contributed by atoms with E-state index in [1.54, 1.807) is 36.4 Å². The minimum atomic E-state index is -0.992. The van der Waals surface area contributed by atoms with Gasteiger partial charge in [-0.2, -0.15) is 0 Å². The SMILES string of the molecule is O=C(C#CC(=O)OCc1cc(OCc2cc(OCc3ccccc3)cc(OCc3ccccc3)c2)cc(OCc2cc(OCc3ccccc3)cc(OCc3ccccc3)c2)c1)OCc1cc(OCc2cc(OCc3ccccc3)cc(OCc3ccccc3)c2)cc(OCc2cc(OCc3ccccc3)cc(OCc3ccccc3)c2)c1. The molecule has 0 amide bonds. The van der Waals surface area contributed by atoms with Crippen LogP contribution in [0, 0.1) is 11.8 Å². The van der Waals surface area contributed by atoms with Crippen molar-refractivity contribution < 1.29 is 75.9 Å². The van der Waals surface area contributed by atoms with E-state index in [4.69, 9.17) is 66.3 Å². The maximum Gasteiger partial charge on any atom is 0.385 e. The summed E-state index contributed by atoms with van der Waals surface area (Å²) in [5.74, 6) is 8.92. The lowest BCUT2D eigenvalue weighted by molar-refractivity contribution is -0.140. The summed E-state index contributed by atoms with van der Waals surface area (Å²) < 4.78 is 88.6. The van der Waals surface area contributed by atoms with Gasteiger partial charge in [0.25, 0.3) is 0 Å². The molecule has 16 nitrogen and oxygen atoms in total. The predicted octanol–water partition coefficient (Wildman–Crippen LogP) is 21.4. The average molecular weight is 1570 g/mol. The van der Waals surface area contributed by atoms with Crippen LogP contribution in [0.2, 0.25) is 0 Å². The monoisotopic (exact) mass is 1570 g/mol. The highest BCUT2D eigenvalue weighted by Crippen LogP contribution is 2.34. The number of hydrogen-bond acceptors (Lipinski definition) is 16. The van der Waals surface area contributed by atoms with Gasteiger partial charge in [-0.25, -0.2) is 9.59 Å². The molecule has 0 aliphatic heterocycles. The van der Waals surface area contributed by atoms with E-state index in [2.05, 4.69) is 11.8 Å². The number of rotatable bonds is 40. The van der Waals surface area contributed by atoms with Crippen molar-refractivity contribution in [2.45, 2.75) is 92.5 Å². The molecule has 118 heavy (non-hydrogen) atoms. The highest BCUT2D eigenvalue weighted by molar-refractivity contribution is 5.98. The van der Waals surface area contributed by atoms with Crippen molar-refractivity contribution in [2.75, 3.05) is 0 Å². The van der Waals surface area contributed by atoms with Gasteiger partial charge in [0.1, 0.15) is 161 Å². The normalized spacial score (nSPS) is 10.7. The predicted molar refractivity (Wildman–Crippen MR) is 450 cm³/mol. The summed E-state index contributed by atoms with van der Waals surface area (Å²) >= 11 is 0. The Morgan fingerprint density at radius 3 is 0.407 bits per heavy atom. The van der Waals surface area contributed by atoms with Crippen LogP contribution in [0.1, 0.15) is 77.9 Å². The third-order valence-corrected chi connectivity index (χ3v) is 18.3. The Bertz CT molecular complexity index is 4670. The maximum absolute atomic E-state index is 13.7. The van der Waals surface area contributed by atoms with E-state index in [1.807, 2.05) is 315 Å². The number of hydrogen-bond donors (Lipinski definition) is 0. The van der Waals surface area contributed by atoms with Crippen LogP contribution < -0.4 is 56.8 Å². The molecule has 0 aliphatic carbocycles. The number of carbonyl (C=O) groups excluding carboxylic acids is 2. The zero-order valence-electron chi connectivity index (χ0n) is 64.9. The summed E-state index contributed by atoms with van der Waals surface area (Å²) in [4.78, 5) is 27.3. The van der Waals surface area contributed by atoms with E-state index < -0.39 is 11.9 Å². The maximum atomic E-state index is 13.7. The quantitative estimate of drug-likeness (QED) is 0.0202. The van der Waals surface area contributed by atoms with Gasteiger partial charge in [-0.05, 0) is 151 Å². The van der Waals surface area contributed by atoms with Gasteiger partial charge >= 0.3 is 11.9 Å². The van der Waals surface area contributed by atoms with Crippen LogP contribution >= 0.6 is 0 Å². The van der Waals surface area contributed by atoms with E-state index in [-0.39, 0.29) is 39.6 Å². The van der Waals surface area contributed by atoms with Crippen molar-refractivity contribution in [2.24, 2.45) is 0 Å². The Kier molecular flexibility index (Phi) is 28.6. The number of carbonyl (C=O) groups is 2. The van der Waals surface area contributed by atoms with Gasteiger partial charge in [-0.3, -0.25) is 0 Å². The van der Waals surface area contributed by atoms with Crippen LogP contribution in [0.25, 0.3) is 0 Å². The Morgan fingerprint density at radius 2 is 0.271 bits per heavy atom. The second kappa shape index (κ2) is 42.3. The van der Waals surface area contributed by atoms with Crippen LogP contribution in [0.3, 0.4) is 0 Å². The molecule has 0 fully saturated rings. The molecule has 0 aromatic heterocycles. The molecule has 0 aliphatic rings. The summed E-state index contributed by atoms with van der Waals surface area (Å²) in [6, 6.07) is 112. The molecule has 14 aromatic carbocycles. The molecule has 590 valence electrons. The molecule has 14 aromatic rings. The van der Waals surface area contributed by atoms with E-state index >= 15 is 0 Å². The molecule has 0 spiro atoms. The average Bonchev–Trinajstić information content (AvgIpc) is 0.839. The van der Waals surface area contributed by atoms with E-state index in [1.165, 1.54) is 0 Å². The Morgan fingerprint density at radius 1 is 0.153 bits per heavy atom. The first-order valence-corrected chi connectivity index (χ1v) is 38.7. The van der Waals surface area contributed by atoms with E-state index in [0.29, 0.717) is 133 Å². The van der Waals surface area contributed by atoms with Crippen molar-refractivity contribution >= 4 is 11.9 Å². The van der Waals surface area contributed by atoms with Gasteiger partial charge in [0.15, 0.2) is 0 Å². The van der Waals surface area contributed by atoms with Crippen molar-refractivity contribution in [3.05, 3.63) is 430 Å². The molecule has 0 saturated heterocycles. The first-order chi connectivity index (χ1) is 58.1. The lowest BCUT2D eigenvalue weighted by atomic mass is 10.2. The van der Waals surface area contributed by atoms with Gasteiger partial charge < -0.3 is 66.3 Å². The highest BCUT2D eigenvalue weighted by atomic mass is 16.5. The van der Waals surface area contributed by atoms with Gasteiger partial charge in [-0.15, -0.1) is 0 Å². The zero-order valence-corrected chi connectivity index (χ0v) is 64.9. The molecule has 16 heteroatoms. The lowest BCUT2D eigenvalue weighted by Crippen LogP contribution is -2.06. The topological polar surface area (TPSA) is 163 Å². The fourth-order valence-electron chi connectivity index (χ4n) is 12.3. The minimum absolute atomic E-state index is 0.0779. The fourth-order valence-corrected chi connectivity index (χ4v) is 12.3. The summed E-state index contributed by atoms with van der Waals surface area (Å²) in [5.41, 5.74) is 12.0. The smallest absolute Gasteiger partial charge is 0.385 e. The van der Waals surface area contributed by atoms with Crippen LogP contribution in [-0.2, 0) is 112 Å². The van der Waals surface area contributed by atoms with Crippen molar-refractivity contribution in [1.82, 2.24) is 0 Å². The van der Waals surface area contributed by atoms with Gasteiger partial charge in [0.2, 0.25) is 0 Å². The van der Waals surface area contributed by atoms with Crippen molar-refractivity contribution in [3.63, 3.8) is 0 Å². The third kappa shape index (κ3) is 26.4. The fraction of sp³-hybridized carbons (Fsp3) is 0.137. The summed E-state index contributed by atoms with van der Waals surface area (Å²) in [6.45, 7) is 2.40. The summed E-state index contributed by atoms with van der Waals surface area (Å²) in [6.07, 6.45) is 0. The van der Waals surface area contributed by atoms with Gasteiger partial charge in [0.05, 0.1) is 0 Å². The molecule has 0 unspecified atom stereocenters. The van der Waals surface area contributed by atoms with Crippen LogP contribution in [0.5, 0.6) is 69.0 Å². The number of benzene rings is 14. The summed E-state index contributed by atoms with van der Waals surface area (Å²) in [5, 5.41) is 0. The minimum Gasteiger partial charge on any atom is -0.489 e. The number of esters is 2. The third-order valence-electron chi connectivity index (χ3n) is 18.3. The molecule has 0 bridgehead atoms. The molecule has 0 atom stereocenters. The van der Waals surface area contributed by atoms with Crippen molar-refractivity contribution in [3.8, 4) is 80.8 Å². The zero-order chi connectivity index (χ0) is 80.4. The molecule has 0 N–H and O–H groups in total. The van der Waals surface area contributed by atoms with Gasteiger partial charge in [-0.1, -0.05) is 243 Å². The first-order valence-electron chi connectivity index (χ1n) is 38.7. The lowest BCUT2D eigenvalue weighted by Gasteiger charge is -2.16. The Labute approximate surface area is 687 Å². The van der Waals surface area contributed by atoms with E-state index in [9.17, 15) is 9.59 Å². The first kappa shape index (κ1) is 79.8. The van der Waals surface area contributed by atoms with Crippen LogP contribution in [0.15, 0.2) is 352 Å². The second-order valence-corrected chi connectivity index (χ2v) is 27.6. The standard InChI is InChI=1S/C102H86O16/c103-101(117-73-87-51-97(113-69-83-43-89(105-61-75-25-9-1-10-26-75)55-90(44-83)106-62-76-27-11-2-12-28-76)59-98(52-87)114-70-84-45-91(107-63-77-29-13-3-14-30-77)56-92(46-84)108-64-78-31-15-4-16-32-78)41-42-102(104)118-74-88-53-99(115-71-85-47-93(109-65-79-33-17-5-18-34-79)57-94(48-85)110-66-80-35-19-6-20-36-80)60-100(54-88)116-72-86-49-95(111-67-81-37-21-7-22-38-81)58-96(50-86)112-68-82-39-23-8-24-40-82/h1-40,43-60H,61-74H2. The molecular weight excluding hydrogens is 1480 g/mol. The van der Waals surface area contributed by atoms with Crippen LogP contribution in [-0.4, -0.2) is 11.9 Å². The summed E-state index contributed by atoms with van der Waals surface area (Å²) in [7, 11) is 0. The number of ether oxygens (including phenoxy) is 14. The highest BCUT2D eigenvalue weighted by Gasteiger charge is 2.16. The van der Waals surface area contributed by atoms with Crippen LogP contribution in [0.4, 0.5) is 0 Å². The molecule has 0 saturated carbocycles.